The summed E-state index contributed by atoms with van der Waals surface area (Å²) in [5, 5.41) is 19.1. The molecule has 2 heterocycles. The van der Waals surface area contributed by atoms with Crippen molar-refractivity contribution in [1.29, 1.82) is 5.26 Å². The minimum Gasteiger partial charge on any atom is -0.446 e. The zero-order valence-corrected chi connectivity index (χ0v) is 18.9. The molecule has 0 radical (unpaired) electrons. The number of carbonyl (C=O) groups excluding carboxylic acids is 2. The molecule has 4 atom stereocenters. The van der Waals surface area contributed by atoms with Crippen molar-refractivity contribution in [3.63, 3.8) is 0 Å². The SMILES string of the molecule is N#CC1(C2CC(NCCNC(=O)N3C(=O)OC[C@@H]3c3ccc(F)c(F)c3)CCN2)C=CC(F)=CC1. The average molecular weight is 489 g/mol. The monoisotopic (exact) mass is 489 g/mol. The number of benzene rings is 1. The second-order valence-electron chi connectivity index (χ2n) is 8.83. The Bertz CT molecular complexity index is 1090. The molecule has 3 amide bonds. The van der Waals surface area contributed by atoms with Gasteiger partial charge in [0.1, 0.15) is 18.5 Å². The van der Waals surface area contributed by atoms with E-state index < -0.39 is 35.2 Å². The zero-order chi connectivity index (χ0) is 25.0. The van der Waals surface area contributed by atoms with Gasteiger partial charge < -0.3 is 20.7 Å². The molecule has 8 nitrogen and oxygen atoms in total. The van der Waals surface area contributed by atoms with E-state index >= 15 is 0 Å². The summed E-state index contributed by atoms with van der Waals surface area (Å²) in [4.78, 5) is 25.6. The Labute approximate surface area is 200 Å². The van der Waals surface area contributed by atoms with Crippen molar-refractivity contribution in [1.82, 2.24) is 20.9 Å². The molecule has 2 saturated heterocycles. The van der Waals surface area contributed by atoms with Crippen LogP contribution in [0.25, 0.3) is 0 Å². The number of cyclic esters (lactones) is 1. The summed E-state index contributed by atoms with van der Waals surface area (Å²) in [5.74, 6) is -2.44. The van der Waals surface area contributed by atoms with E-state index in [9.17, 15) is 28.0 Å². The second-order valence-corrected chi connectivity index (χ2v) is 8.83. The zero-order valence-electron chi connectivity index (χ0n) is 18.9. The number of piperidine rings is 1. The van der Waals surface area contributed by atoms with E-state index in [1.807, 2.05) is 0 Å². The number of nitrogens with zero attached hydrogens (tertiary/aromatic N) is 2. The molecule has 186 valence electrons. The first-order valence-corrected chi connectivity index (χ1v) is 11.4. The van der Waals surface area contributed by atoms with E-state index in [2.05, 4.69) is 22.0 Å². The van der Waals surface area contributed by atoms with Crippen LogP contribution in [0.15, 0.2) is 42.3 Å². The summed E-state index contributed by atoms with van der Waals surface area (Å²) < 4.78 is 45.2. The number of hydrogen-bond acceptors (Lipinski definition) is 6. The molecule has 2 aliphatic heterocycles. The molecule has 0 aromatic heterocycles. The van der Waals surface area contributed by atoms with Crippen molar-refractivity contribution in [3.05, 3.63) is 59.5 Å². The summed E-state index contributed by atoms with van der Waals surface area (Å²) >= 11 is 0. The Morgan fingerprint density at radius 2 is 2.11 bits per heavy atom. The molecule has 0 saturated carbocycles. The Morgan fingerprint density at radius 3 is 2.83 bits per heavy atom. The van der Waals surface area contributed by atoms with E-state index in [4.69, 9.17) is 4.74 Å². The largest absolute Gasteiger partial charge is 0.446 e. The molecule has 1 aromatic rings. The molecule has 2 fully saturated rings. The second kappa shape index (κ2) is 10.5. The number of nitrogens with one attached hydrogen (secondary N) is 3. The minimum absolute atomic E-state index is 0.0826. The van der Waals surface area contributed by atoms with Crippen molar-refractivity contribution < 1.29 is 27.5 Å². The molecule has 3 aliphatic rings. The molecule has 0 spiro atoms. The van der Waals surface area contributed by atoms with Crippen molar-refractivity contribution >= 4 is 12.1 Å². The fraction of sp³-hybridized carbons (Fsp3) is 0.458. The molecule has 1 aromatic carbocycles. The van der Waals surface area contributed by atoms with E-state index in [0.29, 0.717) is 25.9 Å². The van der Waals surface area contributed by atoms with Crippen molar-refractivity contribution in [2.45, 2.75) is 37.4 Å². The molecule has 3 unspecified atom stereocenters. The third-order valence-corrected chi connectivity index (χ3v) is 6.66. The van der Waals surface area contributed by atoms with Crippen LogP contribution in [0.4, 0.5) is 22.8 Å². The Morgan fingerprint density at radius 1 is 1.29 bits per heavy atom. The van der Waals surface area contributed by atoms with Crippen molar-refractivity contribution in [2.75, 3.05) is 26.2 Å². The third kappa shape index (κ3) is 5.33. The topological polar surface area (TPSA) is 106 Å². The van der Waals surface area contributed by atoms with Gasteiger partial charge in [-0.25, -0.2) is 27.7 Å². The summed E-state index contributed by atoms with van der Waals surface area (Å²) in [6.07, 6.45) is 5.29. The van der Waals surface area contributed by atoms with Crippen LogP contribution in [0.5, 0.6) is 0 Å². The van der Waals surface area contributed by atoms with Gasteiger partial charge in [-0.05, 0) is 55.7 Å². The van der Waals surface area contributed by atoms with Crippen LogP contribution in [0.1, 0.15) is 30.9 Å². The fourth-order valence-electron chi connectivity index (χ4n) is 4.69. The van der Waals surface area contributed by atoms with E-state index in [-0.39, 0.29) is 36.6 Å². The molecule has 0 bridgehead atoms. The van der Waals surface area contributed by atoms with Gasteiger partial charge in [0.15, 0.2) is 11.6 Å². The standard InChI is InChI=1S/C24H26F3N5O3/c25-16-3-6-24(14-28,7-4-16)21-12-17(5-8-30-21)29-9-10-31-22(33)32-20(13-35-23(32)34)15-1-2-18(26)19(27)11-15/h1-4,6,11,17,20-21,29-30H,5,7-10,12-13H2,(H,31,33)/t17?,20-,21?,24?/m1/s1. The van der Waals surface area contributed by atoms with Crippen LogP contribution >= 0.6 is 0 Å². The predicted molar refractivity (Wildman–Crippen MR) is 119 cm³/mol. The molecular formula is C24H26F3N5O3. The van der Waals surface area contributed by atoms with Gasteiger partial charge in [-0.2, -0.15) is 5.26 Å². The first kappa shape index (κ1) is 24.8. The maximum absolute atomic E-state index is 13.6. The number of nitriles is 1. The van der Waals surface area contributed by atoms with Gasteiger partial charge in [-0.3, -0.25) is 0 Å². The molecule has 35 heavy (non-hydrogen) atoms. The predicted octanol–water partition coefficient (Wildman–Crippen LogP) is 3.20. The summed E-state index contributed by atoms with van der Waals surface area (Å²) in [6, 6.07) is 3.89. The first-order valence-electron chi connectivity index (χ1n) is 11.4. The van der Waals surface area contributed by atoms with Gasteiger partial charge in [0.25, 0.3) is 0 Å². The number of urea groups is 1. The number of halogens is 3. The van der Waals surface area contributed by atoms with Crippen LogP contribution in [-0.4, -0.2) is 55.3 Å². The van der Waals surface area contributed by atoms with E-state index in [0.717, 1.165) is 23.5 Å². The number of carbonyl (C=O) groups is 2. The maximum Gasteiger partial charge on any atom is 0.418 e. The van der Waals surface area contributed by atoms with Crippen molar-refractivity contribution in [3.8, 4) is 6.07 Å². The highest BCUT2D eigenvalue weighted by molar-refractivity contribution is 5.92. The highest BCUT2D eigenvalue weighted by Crippen LogP contribution is 2.36. The molecular weight excluding hydrogens is 463 g/mol. The fourth-order valence-corrected chi connectivity index (χ4v) is 4.69. The lowest BCUT2D eigenvalue weighted by molar-refractivity contribution is 0.158. The van der Waals surface area contributed by atoms with Gasteiger partial charge >= 0.3 is 12.1 Å². The summed E-state index contributed by atoms with van der Waals surface area (Å²) in [7, 11) is 0. The summed E-state index contributed by atoms with van der Waals surface area (Å²) in [5.41, 5.74) is -0.559. The lowest BCUT2D eigenvalue weighted by atomic mass is 9.72. The lowest BCUT2D eigenvalue weighted by Gasteiger charge is -2.40. The summed E-state index contributed by atoms with van der Waals surface area (Å²) in [6.45, 7) is 1.15. The highest BCUT2D eigenvalue weighted by atomic mass is 19.2. The Kier molecular flexibility index (Phi) is 7.42. The lowest BCUT2D eigenvalue weighted by Crippen LogP contribution is -2.54. The number of hydrogen-bond donors (Lipinski definition) is 3. The van der Waals surface area contributed by atoms with Gasteiger partial charge in [-0.15, -0.1) is 0 Å². The van der Waals surface area contributed by atoms with Gasteiger partial charge in [0, 0.05) is 25.2 Å². The maximum atomic E-state index is 13.6. The highest BCUT2D eigenvalue weighted by Gasteiger charge is 2.41. The van der Waals surface area contributed by atoms with Gasteiger partial charge in [0.2, 0.25) is 0 Å². The Balaban J connectivity index is 1.28. The van der Waals surface area contributed by atoms with Gasteiger partial charge in [0.05, 0.1) is 11.5 Å². The normalized spacial score (nSPS) is 28.3. The number of rotatable bonds is 6. The number of allylic oxidation sites excluding steroid dienone is 3. The minimum atomic E-state index is -1.07. The number of amides is 3. The molecule has 1 aliphatic carbocycles. The quantitative estimate of drug-likeness (QED) is 0.530. The van der Waals surface area contributed by atoms with Crippen LogP contribution in [-0.2, 0) is 4.74 Å². The van der Waals surface area contributed by atoms with Crippen LogP contribution in [0.3, 0.4) is 0 Å². The average Bonchev–Trinajstić information content (AvgIpc) is 3.26. The smallest absolute Gasteiger partial charge is 0.418 e. The molecule has 4 rings (SSSR count). The van der Waals surface area contributed by atoms with Crippen molar-refractivity contribution in [2.24, 2.45) is 5.41 Å². The Hall–Kier alpha value is -3.36. The first-order chi connectivity index (χ1) is 16.8. The van der Waals surface area contributed by atoms with E-state index in [1.165, 1.54) is 18.2 Å². The van der Waals surface area contributed by atoms with Gasteiger partial charge in [-0.1, -0.05) is 12.1 Å². The van der Waals surface area contributed by atoms with Crippen LogP contribution in [0.2, 0.25) is 0 Å². The molecule has 11 heteroatoms. The van der Waals surface area contributed by atoms with E-state index in [1.54, 1.807) is 6.08 Å². The molecule has 3 N–H and O–H groups in total. The number of imide groups is 1. The van der Waals surface area contributed by atoms with Crippen LogP contribution in [0, 0.1) is 28.4 Å². The van der Waals surface area contributed by atoms with Crippen LogP contribution < -0.4 is 16.0 Å². The third-order valence-electron chi connectivity index (χ3n) is 6.66. The number of ether oxygens (including phenoxy) is 1.